The normalized spacial score (nSPS) is 20.3. The number of amides is 2. The van der Waals surface area contributed by atoms with Gasteiger partial charge in [-0.25, -0.2) is 0 Å². The average Bonchev–Trinajstić information content (AvgIpc) is 3.10. The molecule has 1 N–H and O–H groups in total. The Morgan fingerprint density at radius 2 is 1.77 bits per heavy atom. The van der Waals surface area contributed by atoms with Gasteiger partial charge in [-0.15, -0.1) is 0 Å². The van der Waals surface area contributed by atoms with Crippen molar-refractivity contribution >= 4 is 23.2 Å². The van der Waals surface area contributed by atoms with Gasteiger partial charge in [-0.1, -0.05) is 18.2 Å². The maximum atomic E-state index is 13.3. The van der Waals surface area contributed by atoms with Crippen LogP contribution >= 0.6 is 0 Å². The van der Waals surface area contributed by atoms with Crippen molar-refractivity contribution in [1.29, 1.82) is 0 Å². The molecule has 2 amide bonds. The van der Waals surface area contributed by atoms with E-state index in [-0.39, 0.29) is 18.2 Å². The topological polar surface area (TPSA) is 93.2 Å². The maximum absolute atomic E-state index is 13.3. The minimum absolute atomic E-state index is 0.0225. The van der Waals surface area contributed by atoms with Gasteiger partial charge >= 0.3 is 0 Å². The zero-order chi connectivity index (χ0) is 27.5. The van der Waals surface area contributed by atoms with E-state index in [4.69, 9.17) is 14.2 Å². The number of hydrogen-bond acceptors (Lipinski definition) is 7. The predicted octanol–water partition coefficient (Wildman–Crippen LogP) is 4.42. The number of aromatic nitrogens is 1. The second-order valence-electron chi connectivity index (χ2n) is 10.8. The van der Waals surface area contributed by atoms with Gasteiger partial charge in [0.25, 0.3) is 11.8 Å². The van der Waals surface area contributed by atoms with E-state index < -0.39 is 11.9 Å². The van der Waals surface area contributed by atoms with Crippen LogP contribution in [0.4, 0.5) is 11.4 Å². The Morgan fingerprint density at radius 3 is 2.55 bits per heavy atom. The summed E-state index contributed by atoms with van der Waals surface area (Å²) >= 11 is 0. The van der Waals surface area contributed by atoms with Gasteiger partial charge in [0.15, 0.2) is 0 Å². The first-order chi connectivity index (χ1) is 19.5. The molecule has 0 unspecified atom stereocenters. The SMILES string of the molecule is CN1C(=O)[C@H](NC(=O)c2cc(Oc3ccccc3)ccn2)COc2cc(N3CCC4(CCOCC4)CC3)ccc21. The van der Waals surface area contributed by atoms with Crippen molar-refractivity contribution in [3.63, 3.8) is 0 Å². The van der Waals surface area contributed by atoms with Crippen LogP contribution in [-0.2, 0) is 9.53 Å². The Bertz CT molecular complexity index is 1370. The third-order valence-electron chi connectivity index (χ3n) is 8.33. The lowest BCUT2D eigenvalue weighted by Gasteiger charge is -2.44. The summed E-state index contributed by atoms with van der Waals surface area (Å²) in [5, 5.41) is 2.80. The van der Waals surface area contributed by atoms with Crippen LogP contribution in [0.1, 0.15) is 36.2 Å². The molecule has 2 saturated heterocycles. The number of ether oxygens (including phenoxy) is 3. The fourth-order valence-electron chi connectivity index (χ4n) is 5.79. The molecular formula is C31H34N4O5. The summed E-state index contributed by atoms with van der Waals surface area (Å²) in [6.07, 6.45) is 6.12. The fraction of sp³-hybridized carbons (Fsp3) is 0.387. The number of pyridine rings is 1. The van der Waals surface area contributed by atoms with Crippen LogP contribution in [-0.4, -0.2) is 62.8 Å². The van der Waals surface area contributed by atoms with Crippen LogP contribution in [0, 0.1) is 5.41 Å². The first-order valence-electron chi connectivity index (χ1n) is 13.9. The minimum atomic E-state index is -0.864. The average molecular weight is 543 g/mol. The van der Waals surface area contributed by atoms with Gasteiger partial charge in [0.1, 0.15) is 35.6 Å². The first kappa shape index (κ1) is 26.1. The van der Waals surface area contributed by atoms with Gasteiger partial charge in [0.05, 0.1) is 5.69 Å². The summed E-state index contributed by atoms with van der Waals surface area (Å²) in [5.41, 5.74) is 2.33. The number of fused-ring (bicyclic) bond motifs is 1. The highest BCUT2D eigenvalue weighted by Crippen LogP contribution is 2.42. The number of carbonyl (C=O) groups excluding carboxylic acids is 2. The largest absolute Gasteiger partial charge is 0.489 e. The predicted molar refractivity (Wildman–Crippen MR) is 151 cm³/mol. The van der Waals surface area contributed by atoms with Gasteiger partial charge < -0.3 is 29.3 Å². The zero-order valence-corrected chi connectivity index (χ0v) is 22.7. The van der Waals surface area contributed by atoms with E-state index in [1.54, 1.807) is 24.1 Å². The molecule has 9 nitrogen and oxygen atoms in total. The van der Waals surface area contributed by atoms with Crippen molar-refractivity contribution in [3.8, 4) is 17.2 Å². The molecule has 0 bridgehead atoms. The number of nitrogens with zero attached hydrogens (tertiary/aromatic N) is 3. The molecule has 208 valence electrons. The van der Waals surface area contributed by atoms with E-state index in [1.807, 2.05) is 42.5 Å². The highest BCUT2D eigenvalue weighted by molar-refractivity contribution is 6.03. The smallest absolute Gasteiger partial charge is 0.270 e. The second kappa shape index (κ2) is 11.2. The highest BCUT2D eigenvalue weighted by Gasteiger charge is 2.37. The van der Waals surface area contributed by atoms with Crippen molar-refractivity contribution in [2.45, 2.75) is 31.7 Å². The summed E-state index contributed by atoms with van der Waals surface area (Å²) in [6, 6.07) is 17.7. The summed E-state index contributed by atoms with van der Waals surface area (Å²) in [5.74, 6) is 1.03. The number of piperidine rings is 1. The van der Waals surface area contributed by atoms with Crippen LogP contribution in [0.15, 0.2) is 66.9 Å². The summed E-state index contributed by atoms with van der Waals surface area (Å²) in [6.45, 7) is 3.74. The van der Waals surface area contributed by atoms with E-state index in [1.165, 1.54) is 6.20 Å². The van der Waals surface area contributed by atoms with Crippen molar-refractivity contribution in [1.82, 2.24) is 10.3 Å². The Kier molecular flexibility index (Phi) is 7.30. The molecular weight excluding hydrogens is 508 g/mol. The molecule has 0 aliphatic carbocycles. The van der Waals surface area contributed by atoms with E-state index in [0.717, 1.165) is 57.7 Å². The molecule has 6 rings (SSSR count). The van der Waals surface area contributed by atoms with Gasteiger partial charge in [-0.3, -0.25) is 14.6 Å². The quantitative estimate of drug-likeness (QED) is 0.510. The number of rotatable bonds is 5. The lowest BCUT2D eigenvalue weighted by Crippen LogP contribution is -2.49. The van der Waals surface area contributed by atoms with Crippen molar-refractivity contribution in [2.75, 3.05) is 49.8 Å². The van der Waals surface area contributed by atoms with E-state index >= 15 is 0 Å². The Hall–Kier alpha value is -4.11. The molecule has 3 aliphatic rings. The van der Waals surface area contributed by atoms with Crippen LogP contribution in [0.2, 0.25) is 0 Å². The van der Waals surface area contributed by atoms with Gasteiger partial charge in [0.2, 0.25) is 0 Å². The van der Waals surface area contributed by atoms with Crippen molar-refractivity contribution < 1.29 is 23.8 Å². The number of carbonyl (C=O) groups is 2. The number of para-hydroxylation sites is 1. The standard InChI is InChI=1S/C31H34N4O5/c1-34-27-8-7-22(35-15-10-31(11-16-35)12-17-38-18-13-31)19-28(27)39-21-26(30(34)37)33-29(36)25-20-24(9-14-32-25)40-23-5-3-2-4-6-23/h2-9,14,19-20,26H,10-13,15-18,21H2,1H3,(H,33,36)/t26-/m1/s1. The van der Waals surface area contributed by atoms with Crippen molar-refractivity contribution in [2.24, 2.45) is 5.41 Å². The number of anilines is 2. The maximum Gasteiger partial charge on any atom is 0.270 e. The van der Waals surface area contributed by atoms with Crippen LogP contribution < -0.4 is 24.6 Å². The molecule has 1 aromatic heterocycles. The lowest BCUT2D eigenvalue weighted by molar-refractivity contribution is -0.120. The second-order valence-corrected chi connectivity index (χ2v) is 10.8. The highest BCUT2D eigenvalue weighted by atomic mass is 16.5. The molecule has 1 atom stereocenters. The molecule has 4 heterocycles. The molecule has 3 aromatic rings. The Balaban J connectivity index is 1.11. The van der Waals surface area contributed by atoms with Crippen LogP contribution in [0.3, 0.4) is 0 Å². The lowest BCUT2D eigenvalue weighted by atomic mass is 9.72. The number of hydrogen-bond donors (Lipinski definition) is 1. The summed E-state index contributed by atoms with van der Waals surface area (Å²) in [7, 11) is 1.71. The molecule has 3 aliphatic heterocycles. The van der Waals surface area contributed by atoms with Crippen LogP contribution in [0.5, 0.6) is 17.2 Å². The van der Waals surface area contributed by atoms with Crippen LogP contribution in [0.25, 0.3) is 0 Å². The fourth-order valence-corrected chi connectivity index (χ4v) is 5.79. The Labute approximate surface area is 234 Å². The first-order valence-corrected chi connectivity index (χ1v) is 13.9. The van der Waals surface area contributed by atoms with Gasteiger partial charge in [-0.05, 0) is 61.4 Å². The van der Waals surface area contributed by atoms with E-state index in [0.29, 0.717) is 28.4 Å². The molecule has 0 saturated carbocycles. The Morgan fingerprint density at radius 1 is 1.00 bits per heavy atom. The van der Waals surface area contributed by atoms with Crippen molar-refractivity contribution in [3.05, 3.63) is 72.6 Å². The molecule has 2 fully saturated rings. The number of benzene rings is 2. The summed E-state index contributed by atoms with van der Waals surface area (Å²) < 4.78 is 17.5. The third-order valence-corrected chi connectivity index (χ3v) is 8.33. The third kappa shape index (κ3) is 5.47. The molecule has 1 spiro atoms. The number of nitrogens with one attached hydrogen (secondary N) is 1. The van der Waals surface area contributed by atoms with Gasteiger partial charge in [-0.2, -0.15) is 0 Å². The summed E-state index contributed by atoms with van der Waals surface area (Å²) in [4.78, 5) is 34.5. The molecule has 2 aromatic carbocycles. The number of likely N-dealkylation sites (N-methyl/N-ethyl adjacent to an activating group) is 1. The molecule has 9 heteroatoms. The monoisotopic (exact) mass is 542 g/mol. The minimum Gasteiger partial charge on any atom is -0.489 e. The van der Waals surface area contributed by atoms with Gasteiger partial charge in [0, 0.05) is 57.4 Å². The molecule has 40 heavy (non-hydrogen) atoms. The molecule has 0 radical (unpaired) electrons. The van der Waals surface area contributed by atoms with E-state index in [9.17, 15) is 9.59 Å². The van der Waals surface area contributed by atoms with E-state index in [2.05, 4.69) is 21.3 Å². The zero-order valence-electron chi connectivity index (χ0n) is 22.7.